The Kier molecular flexibility index (Phi) is 7.15. The lowest BCUT2D eigenvalue weighted by molar-refractivity contribution is 0.101. The zero-order valence-corrected chi connectivity index (χ0v) is 12.4. The maximum Gasteiger partial charge on any atom is 0.205 e. The fourth-order valence-corrected chi connectivity index (χ4v) is 1.73. The Bertz CT molecular complexity index is 789. The molecule has 0 amide bonds. The number of hydrogen-bond acceptors (Lipinski definition) is 1. The molecule has 0 aromatic heterocycles. The summed E-state index contributed by atoms with van der Waals surface area (Å²) in [6, 6.07) is 0. The fraction of sp³-hybridized carbons (Fsp3) is 0. The molecule has 0 aliphatic rings. The second kappa shape index (κ2) is 8.53. The van der Waals surface area contributed by atoms with Gasteiger partial charge in [-0.05, 0) is 0 Å². The van der Waals surface area contributed by atoms with Gasteiger partial charge in [0.15, 0.2) is 46.5 Å². The summed E-state index contributed by atoms with van der Waals surface area (Å²) in [7, 11) is 10.0. The maximum atomic E-state index is 13.4. The first-order valence-electron chi connectivity index (χ1n) is 6.26. The molecule has 0 N–H and O–H groups in total. The van der Waals surface area contributed by atoms with Crippen LogP contribution in [0.5, 0.6) is 0 Å². The molecule has 0 atom stereocenters. The summed E-state index contributed by atoms with van der Waals surface area (Å²) in [6.07, 6.45) is 0. The van der Waals surface area contributed by atoms with Crippen molar-refractivity contribution < 1.29 is 48.7 Å². The van der Waals surface area contributed by atoms with E-state index in [-0.39, 0.29) is 0 Å². The van der Waals surface area contributed by atoms with Crippen molar-refractivity contribution in [3.8, 4) is 0 Å². The molecule has 0 aliphatic heterocycles. The summed E-state index contributed by atoms with van der Waals surface area (Å²) in [5, 5.41) is 0. The van der Waals surface area contributed by atoms with Crippen LogP contribution < -0.4 is 0 Å². The summed E-state index contributed by atoms with van der Waals surface area (Å²) >= 11 is 0. The molecule has 2 aromatic carbocycles. The van der Waals surface area contributed by atoms with E-state index < -0.39 is 75.1 Å². The van der Waals surface area contributed by atoms with Crippen LogP contribution in [0.15, 0.2) is 0 Å². The van der Waals surface area contributed by atoms with E-state index in [1.807, 2.05) is 0 Å². The maximum absolute atomic E-state index is 13.4. The molecule has 2 rings (SSSR count). The monoisotopic (exact) mass is 395 g/mol. The number of carbonyl (C=O) groups is 1. The molecule has 0 saturated carbocycles. The average Bonchev–Trinajstić information content (AvgIpc) is 2.62. The van der Waals surface area contributed by atoms with Gasteiger partial charge < -0.3 is 0 Å². The van der Waals surface area contributed by atoms with Crippen LogP contribution in [0, 0.1) is 58.2 Å². The van der Waals surface area contributed by atoms with E-state index in [1.165, 1.54) is 0 Å². The van der Waals surface area contributed by atoms with Crippen LogP contribution in [-0.4, -0.2) is 28.3 Å². The SMILES string of the molecule is O=C(c1c(F)c(F)c(F)c(F)c1F)c1c(F)c(F)c(F)c(F)c1F.[B][B][B]. The van der Waals surface area contributed by atoms with Gasteiger partial charge in [-0.1, -0.05) is 0 Å². The Morgan fingerprint density at radius 3 is 0.815 bits per heavy atom. The minimum atomic E-state index is -2.72. The van der Waals surface area contributed by atoms with Crippen molar-refractivity contribution in [2.45, 2.75) is 0 Å². The topological polar surface area (TPSA) is 17.1 Å². The van der Waals surface area contributed by atoms with Crippen molar-refractivity contribution in [3.63, 3.8) is 0 Å². The Hall–Kier alpha value is -2.40. The second-order valence-electron chi connectivity index (χ2n) is 4.41. The molecule has 137 valence electrons. The molecule has 0 fully saturated rings. The largest absolute Gasteiger partial charge is 0.288 e. The summed E-state index contributed by atoms with van der Waals surface area (Å²) in [6.45, 7) is 0. The van der Waals surface area contributed by atoms with E-state index in [2.05, 4.69) is 15.5 Å². The Labute approximate surface area is 147 Å². The lowest BCUT2D eigenvalue weighted by Crippen LogP contribution is -2.18. The summed E-state index contributed by atoms with van der Waals surface area (Å²) in [5.74, 6) is -29.7. The second-order valence-corrected chi connectivity index (χ2v) is 4.41. The number of ketones is 1. The molecule has 0 spiro atoms. The molecular weight excluding hydrogens is 395 g/mol. The van der Waals surface area contributed by atoms with E-state index >= 15 is 0 Å². The predicted octanol–water partition coefficient (Wildman–Crippen LogP) is 3.17. The molecule has 0 aliphatic carbocycles. The number of hydrogen-bond donors (Lipinski definition) is 0. The van der Waals surface area contributed by atoms with Gasteiger partial charge in [0.25, 0.3) is 0 Å². The van der Waals surface area contributed by atoms with Crippen molar-refractivity contribution in [1.82, 2.24) is 0 Å². The number of rotatable bonds is 2. The van der Waals surface area contributed by atoms with Gasteiger partial charge >= 0.3 is 0 Å². The lowest BCUT2D eigenvalue weighted by atomic mass is 9.40. The molecule has 27 heavy (non-hydrogen) atoms. The van der Waals surface area contributed by atoms with Crippen molar-refractivity contribution in [3.05, 3.63) is 69.3 Å². The van der Waals surface area contributed by atoms with E-state index in [1.54, 1.807) is 0 Å². The molecule has 2 aromatic rings. The van der Waals surface area contributed by atoms with Crippen LogP contribution in [0.25, 0.3) is 0 Å². The molecule has 1 nitrogen and oxygen atoms in total. The zero-order chi connectivity index (χ0) is 21.2. The molecule has 0 unspecified atom stereocenters. The number of benzene rings is 2. The molecule has 14 heteroatoms. The predicted molar refractivity (Wildman–Crippen MR) is 73.2 cm³/mol. The normalized spacial score (nSPS) is 10.3. The smallest absolute Gasteiger partial charge is 0.205 e. The lowest BCUT2D eigenvalue weighted by Gasteiger charge is -2.10. The summed E-state index contributed by atoms with van der Waals surface area (Å²) in [4.78, 5) is 11.7. The van der Waals surface area contributed by atoms with Gasteiger partial charge in [-0.2, -0.15) is 0 Å². The highest BCUT2D eigenvalue weighted by molar-refractivity contribution is 7.17. The first-order valence-corrected chi connectivity index (χ1v) is 6.26. The molecule has 5 radical (unpaired) electrons. The third-order valence-corrected chi connectivity index (χ3v) is 2.87. The molecule has 0 saturated heterocycles. The van der Waals surface area contributed by atoms with Crippen molar-refractivity contribution in [2.24, 2.45) is 0 Å². The molecule has 0 heterocycles. The third kappa shape index (κ3) is 3.83. The number of carbonyl (C=O) groups excluding carboxylic acids is 1. The highest BCUT2D eigenvalue weighted by Crippen LogP contribution is 2.29. The first kappa shape index (κ1) is 22.6. The van der Waals surface area contributed by atoms with Crippen LogP contribution in [0.3, 0.4) is 0 Å². The van der Waals surface area contributed by atoms with Gasteiger partial charge in [-0.25, -0.2) is 43.9 Å². The van der Waals surface area contributed by atoms with Gasteiger partial charge in [0.2, 0.25) is 17.4 Å². The molecule has 0 bridgehead atoms. The van der Waals surface area contributed by atoms with E-state index in [0.29, 0.717) is 0 Å². The van der Waals surface area contributed by atoms with Crippen molar-refractivity contribution >= 4 is 28.3 Å². The van der Waals surface area contributed by atoms with Gasteiger partial charge in [-0.3, -0.25) is 4.79 Å². The minimum absolute atomic E-state index is 1.00. The van der Waals surface area contributed by atoms with Crippen LogP contribution >= 0.6 is 0 Å². The van der Waals surface area contributed by atoms with Crippen LogP contribution in [0.2, 0.25) is 0 Å². The van der Waals surface area contributed by atoms with Crippen LogP contribution in [0.4, 0.5) is 43.9 Å². The Balaban J connectivity index is 0.00000114. The third-order valence-electron chi connectivity index (χ3n) is 2.87. The molecular formula is C13B3F10O. The van der Waals surface area contributed by atoms with Gasteiger partial charge in [0.1, 0.15) is 11.1 Å². The Morgan fingerprint density at radius 2 is 0.630 bits per heavy atom. The summed E-state index contributed by atoms with van der Waals surface area (Å²) < 4.78 is 131. The van der Waals surface area contributed by atoms with Crippen molar-refractivity contribution in [1.29, 1.82) is 0 Å². The van der Waals surface area contributed by atoms with Gasteiger partial charge in [0, 0.05) is 22.5 Å². The van der Waals surface area contributed by atoms with Gasteiger partial charge in [-0.15, -0.1) is 0 Å². The fourth-order valence-electron chi connectivity index (χ4n) is 1.73. The Morgan fingerprint density at radius 1 is 0.481 bits per heavy atom. The van der Waals surface area contributed by atoms with E-state index in [4.69, 9.17) is 0 Å². The standard InChI is InChI=1S/C13F10O.B3/c14-3-1(4(15)8(19)11(22)7(3)18)13(24)2-5(16)9(20)12(23)10(21)6(2)17;1-3-2. The highest BCUT2D eigenvalue weighted by atomic mass is 19.2. The highest BCUT2D eigenvalue weighted by Gasteiger charge is 2.36. The minimum Gasteiger partial charge on any atom is -0.288 e. The van der Waals surface area contributed by atoms with E-state index in [9.17, 15) is 48.7 Å². The van der Waals surface area contributed by atoms with Crippen LogP contribution in [0.1, 0.15) is 15.9 Å². The zero-order valence-electron chi connectivity index (χ0n) is 12.4. The quantitative estimate of drug-likeness (QED) is 0.251. The van der Waals surface area contributed by atoms with Crippen LogP contribution in [-0.2, 0) is 0 Å². The summed E-state index contributed by atoms with van der Waals surface area (Å²) in [5.41, 5.74) is -4.73. The van der Waals surface area contributed by atoms with E-state index in [0.717, 1.165) is 7.06 Å². The van der Waals surface area contributed by atoms with Gasteiger partial charge in [0.05, 0.1) is 0 Å². The first-order chi connectivity index (χ1) is 12.4. The van der Waals surface area contributed by atoms with Crippen molar-refractivity contribution in [2.75, 3.05) is 0 Å². The average molecular weight is 395 g/mol. The number of halogens is 10.